The summed E-state index contributed by atoms with van der Waals surface area (Å²) in [5.74, 6) is 0.902. The van der Waals surface area contributed by atoms with Crippen molar-refractivity contribution in [2.24, 2.45) is 12.0 Å². The summed E-state index contributed by atoms with van der Waals surface area (Å²) < 4.78 is 3.01. The van der Waals surface area contributed by atoms with Gasteiger partial charge in [-0.15, -0.1) is 24.0 Å². The number of aromatic nitrogens is 2. The van der Waals surface area contributed by atoms with E-state index in [0.717, 1.165) is 36.5 Å². The Hall–Kier alpha value is -1.29. The van der Waals surface area contributed by atoms with E-state index < -0.39 is 0 Å². The summed E-state index contributed by atoms with van der Waals surface area (Å²) in [6.07, 6.45) is 8.83. The standard InChI is InChI=1S/C21H29BrN6.HI/c1-23-20(24-15-21(8-9-21)16-5-3-6-17(22)11-16)26-18-7-4-10-28(13-18)19-12-25-27(2)14-19;/h3,5-6,11-12,14,18H,4,7-10,13,15H2,1-2H3,(H2,23,24,26);1H. The van der Waals surface area contributed by atoms with E-state index in [1.165, 1.54) is 30.5 Å². The number of nitrogens with one attached hydrogen (secondary N) is 2. The lowest BCUT2D eigenvalue weighted by molar-refractivity contribution is 0.466. The molecule has 1 unspecified atom stereocenters. The summed E-state index contributed by atoms with van der Waals surface area (Å²) >= 11 is 3.60. The fourth-order valence-electron chi connectivity index (χ4n) is 4.08. The molecule has 0 bridgehead atoms. The second kappa shape index (κ2) is 9.68. The van der Waals surface area contributed by atoms with Crippen LogP contribution in [0.25, 0.3) is 0 Å². The Kier molecular flexibility index (Phi) is 7.47. The quantitative estimate of drug-likeness (QED) is 0.326. The Labute approximate surface area is 198 Å². The molecule has 2 aliphatic rings. The van der Waals surface area contributed by atoms with Gasteiger partial charge in [0.1, 0.15) is 0 Å². The van der Waals surface area contributed by atoms with Crippen molar-refractivity contribution in [1.82, 2.24) is 20.4 Å². The van der Waals surface area contributed by atoms with Gasteiger partial charge in [0.25, 0.3) is 0 Å². The van der Waals surface area contributed by atoms with E-state index in [2.05, 4.69) is 72.0 Å². The van der Waals surface area contributed by atoms with E-state index in [1.54, 1.807) is 0 Å². The van der Waals surface area contributed by atoms with Crippen LogP contribution in [0.3, 0.4) is 0 Å². The highest BCUT2D eigenvalue weighted by Crippen LogP contribution is 2.48. The fraction of sp³-hybridized carbons (Fsp3) is 0.524. The number of hydrogen-bond acceptors (Lipinski definition) is 3. The molecule has 158 valence electrons. The van der Waals surface area contributed by atoms with Crippen molar-refractivity contribution in [3.05, 3.63) is 46.7 Å². The molecule has 1 aliphatic carbocycles. The molecule has 2 N–H and O–H groups in total. The van der Waals surface area contributed by atoms with Crippen molar-refractivity contribution in [3.63, 3.8) is 0 Å². The molecule has 2 fully saturated rings. The van der Waals surface area contributed by atoms with Crippen LogP contribution in [0.2, 0.25) is 0 Å². The van der Waals surface area contributed by atoms with Gasteiger partial charge in [0.2, 0.25) is 0 Å². The van der Waals surface area contributed by atoms with Gasteiger partial charge in [-0.2, -0.15) is 5.10 Å². The molecule has 8 heteroatoms. The van der Waals surface area contributed by atoms with Crippen molar-refractivity contribution in [1.29, 1.82) is 0 Å². The van der Waals surface area contributed by atoms with Gasteiger partial charge in [-0.1, -0.05) is 28.1 Å². The first-order chi connectivity index (χ1) is 13.6. The molecule has 1 aromatic carbocycles. The molecule has 0 spiro atoms. The molecule has 1 aromatic heterocycles. The number of rotatable bonds is 5. The maximum Gasteiger partial charge on any atom is 0.191 e. The zero-order valence-corrected chi connectivity index (χ0v) is 21.0. The molecule has 0 radical (unpaired) electrons. The highest BCUT2D eigenvalue weighted by molar-refractivity contribution is 14.0. The molecule has 0 amide bonds. The smallest absolute Gasteiger partial charge is 0.191 e. The van der Waals surface area contributed by atoms with Crippen LogP contribution in [0.4, 0.5) is 5.69 Å². The average molecular weight is 573 g/mol. The second-order valence-corrected chi connectivity index (χ2v) is 8.93. The largest absolute Gasteiger partial charge is 0.367 e. The normalized spacial score (nSPS) is 20.7. The molecule has 4 rings (SSSR count). The van der Waals surface area contributed by atoms with Gasteiger partial charge in [-0.05, 0) is 43.4 Å². The monoisotopic (exact) mass is 572 g/mol. The van der Waals surface area contributed by atoms with E-state index in [-0.39, 0.29) is 29.4 Å². The zero-order valence-electron chi connectivity index (χ0n) is 17.1. The fourth-order valence-corrected chi connectivity index (χ4v) is 4.48. The first-order valence-corrected chi connectivity index (χ1v) is 10.8. The van der Waals surface area contributed by atoms with Crippen molar-refractivity contribution < 1.29 is 0 Å². The summed E-state index contributed by atoms with van der Waals surface area (Å²) in [4.78, 5) is 6.88. The highest BCUT2D eigenvalue weighted by Gasteiger charge is 2.44. The van der Waals surface area contributed by atoms with Gasteiger partial charge in [-0.25, -0.2) is 0 Å². The molecular weight excluding hydrogens is 543 g/mol. The van der Waals surface area contributed by atoms with E-state index in [1.807, 2.05) is 25.0 Å². The predicted molar refractivity (Wildman–Crippen MR) is 133 cm³/mol. The lowest BCUT2D eigenvalue weighted by atomic mass is 9.96. The SMILES string of the molecule is CN=C(NCC1(c2cccc(Br)c2)CC1)NC1CCCN(c2cnn(C)c2)C1.I. The number of anilines is 1. The van der Waals surface area contributed by atoms with Gasteiger partial charge >= 0.3 is 0 Å². The molecule has 2 heterocycles. The summed E-state index contributed by atoms with van der Waals surface area (Å²) in [7, 11) is 3.82. The Balaban J connectivity index is 0.00000240. The molecule has 29 heavy (non-hydrogen) atoms. The van der Waals surface area contributed by atoms with Crippen molar-refractivity contribution in [2.75, 3.05) is 31.6 Å². The van der Waals surface area contributed by atoms with Crippen molar-refractivity contribution in [2.45, 2.75) is 37.1 Å². The third-order valence-corrected chi connectivity index (χ3v) is 6.42. The van der Waals surface area contributed by atoms with Gasteiger partial charge in [0, 0.05) is 55.9 Å². The van der Waals surface area contributed by atoms with Crippen LogP contribution in [0.15, 0.2) is 46.1 Å². The van der Waals surface area contributed by atoms with Gasteiger partial charge in [0.05, 0.1) is 11.9 Å². The molecular formula is C21H30BrIN6. The molecule has 2 aromatic rings. The molecule has 6 nitrogen and oxygen atoms in total. The van der Waals surface area contributed by atoms with Crippen LogP contribution in [0, 0.1) is 0 Å². The van der Waals surface area contributed by atoms with Crippen molar-refractivity contribution in [3.8, 4) is 0 Å². The van der Waals surface area contributed by atoms with Crippen LogP contribution < -0.4 is 15.5 Å². The maximum absolute atomic E-state index is 4.48. The third-order valence-electron chi connectivity index (χ3n) is 5.93. The van der Waals surface area contributed by atoms with Gasteiger partial charge in [-0.3, -0.25) is 9.67 Å². The number of aryl methyl sites for hydroxylation is 1. The van der Waals surface area contributed by atoms with Crippen LogP contribution >= 0.6 is 39.9 Å². The average Bonchev–Trinajstić information content (AvgIpc) is 3.38. The number of guanidine groups is 1. The topological polar surface area (TPSA) is 57.5 Å². The van der Waals surface area contributed by atoms with Crippen molar-refractivity contribution >= 4 is 51.6 Å². The number of nitrogens with zero attached hydrogens (tertiary/aromatic N) is 4. The zero-order chi connectivity index (χ0) is 19.6. The van der Waals surface area contributed by atoms with E-state index in [9.17, 15) is 0 Å². The lowest BCUT2D eigenvalue weighted by Crippen LogP contribution is -2.52. The third kappa shape index (κ3) is 5.45. The minimum Gasteiger partial charge on any atom is -0.367 e. The van der Waals surface area contributed by atoms with Gasteiger partial charge < -0.3 is 15.5 Å². The first kappa shape index (κ1) is 22.4. The Bertz CT molecular complexity index is 847. The Morgan fingerprint density at radius 1 is 1.38 bits per heavy atom. The van der Waals surface area contributed by atoms with Crippen LogP contribution in [0.1, 0.15) is 31.2 Å². The summed E-state index contributed by atoms with van der Waals surface area (Å²) in [6.45, 7) is 2.98. The number of hydrogen-bond donors (Lipinski definition) is 2. The Morgan fingerprint density at radius 3 is 2.86 bits per heavy atom. The lowest BCUT2D eigenvalue weighted by Gasteiger charge is -2.34. The summed E-state index contributed by atoms with van der Waals surface area (Å²) in [5.41, 5.74) is 2.85. The predicted octanol–water partition coefficient (Wildman–Crippen LogP) is 3.67. The van der Waals surface area contributed by atoms with E-state index in [0.29, 0.717) is 6.04 Å². The summed E-state index contributed by atoms with van der Waals surface area (Å²) in [5, 5.41) is 11.5. The number of piperidine rings is 1. The second-order valence-electron chi connectivity index (χ2n) is 8.02. The minimum atomic E-state index is 0. The van der Waals surface area contributed by atoms with E-state index >= 15 is 0 Å². The summed E-state index contributed by atoms with van der Waals surface area (Å²) in [6, 6.07) is 9.09. The number of halogens is 2. The highest BCUT2D eigenvalue weighted by atomic mass is 127. The maximum atomic E-state index is 4.48. The molecule has 1 saturated heterocycles. The Morgan fingerprint density at radius 2 is 2.21 bits per heavy atom. The van der Waals surface area contributed by atoms with Crippen LogP contribution in [-0.4, -0.2) is 48.5 Å². The van der Waals surface area contributed by atoms with Gasteiger partial charge in [0.15, 0.2) is 5.96 Å². The molecule has 1 saturated carbocycles. The van der Waals surface area contributed by atoms with Crippen LogP contribution in [-0.2, 0) is 12.5 Å². The first-order valence-electron chi connectivity index (χ1n) is 10.0. The van der Waals surface area contributed by atoms with E-state index in [4.69, 9.17) is 0 Å². The number of benzene rings is 1. The molecule has 1 atom stereocenters. The molecule has 1 aliphatic heterocycles. The minimum absolute atomic E-state index is 0. The van der Waals surface area contributed by atoms with Crippen LogP contribution in [0.5, 0.6) is 0 Å². The number of aliphatic imine (C=N–C) groups is 1.